The van der Waals surface area contributed by atoms with Crippen LogP contribution in [0.15, 0.2) is 36.8 Å². The van der Waals surface area contributed by atoms with Gasteiger partial charge in [0.25, 0.3) is 5.91 Å². The zero-order valence-corrected chi connectivity index (χ0v) is 18.1. The summed E-state index contributed by atoms with van der Waals surface area (Å²) in [5.74, 6) is 0.295. The molecule has 2 aliphatic rings. The number of amides is 1. The van der Waals surface area contributed by atoms with Crippen LogP contribution in [-0.4, -0.2) is 61.0 Å². The van der Waals surface area contributed by atoms with E-state index < -0.39 is 18.1 Å². The number of hydrogen-bond acceptors (Lipinski definition) is 8. The van der Waals surface area contributed by atoms with E-state index in [-0.39, 0.29) is 18.0 Å². The second kappa shape index (κ2) is 9.67. The summed E-state index contributed by atoms with van der Waals surface area (Å²) in [6.45, 7) is 0.885. The van der Waals surface area contributed by atoms with Gasteiger partial charge < -0.3 is 30.2 Å². The summed E-state index contributed by atoms with van der Waals surface area (Å²) < 4.78 is 41.1. The van der Waals surface area contributed by atoms with E-state index in [1.165, 1.54) is 12.4 Å². The van der Waals surface area contributed by atoms with E-state index >= 15 is 0 Å². The van der Waals surface area contributed by atoms with Gasteiger partial charge in [0.1, 0.15) is 11.4 Å². The van der Waals surface area contributed by atoms with Gasteiger partial charge in [-0.1, -0.05) is 0 Å². The monoisotopic (exact) mass is 461 g/mol. The molecule has 1 aromatic carbocycles. The second-order valence-electron chi connectivity index (χ2n) is 7.98. The predicted molar refractivity (Wildman–Crippen MR) is 117 cm³/mol. The number of anilines is 2. The Morgan fingerprint density at radius 2 is 2.06 bits per heavy atom. The number of hydrogen-bond donors (Lipinski definition) is 2. The molecule has 1 atom stereocenters. The largest absolute Gasteiger partial charge is 0.484 e. The summed E-state index contributed by atoms with van der Waals surface area (Å²) in [6.07, 6.45) is 4.55. The van der Waals surface area contributed by atoms with Gasteiger partial charge in [-0.3, -0.25) is 4.79 Å². The number of ether oxygens (including phenoxy) is 3. The maximum absolute atomic E-state index is 13.1. The van der Waals surface area contributed by atoms with Gasteiger partial charge in [-0.15, -0.1) is 0 Å². The molecule has 0 unspecified atom stereocenters. The smallest absolute Gasteiger partial charge is 0.345 e. The van der Waals surface area contributed by atoms with Gasteiger partial charge in [0.2, 0.25) is 0 Å². The van der Waals surface area contributed by atoms with Crippen molar-refractivity contribution < 1.29 is 27.8 Å². The Bertz CT molecular complexity index is 1030. The predicted octanol–water partition coefficient (Wildman–Crippen LogP) is 2.18. The Hall–Kier alpha value is -3.31. The van der Waals surface area contributed by atoms with E-state index in [2.05, 4.69) is 24.9 Å². The van der Waals surface area contributed by atoms with E-state index in [0.717, 1.165) is 17.5 Å². The number of aromatic nitrogens is 2. The lowest BCUT2D eigenvalue weighted by Crippen LogP contribution is -2.37. The van der Waals surface area contributed by atoms with Gasteiger partial charge in [-0.2, -0.15) is 8.78 Å². The molecule has 33 heavy (non-hydrogen) atoms. The molecule has 1 amide bonds. The minimum Gasteiger partial charge on any atom is -0.484 e. The van der Waals surface area contributed by atoms with Crippen LogP contribution in [0.25, 0.3) is 5.57 Å². The zero-order chi connectivity index (χ0) is 23.4. The number of alkyl halides is 2. The Labute approximate surface area is 189 Å². The lowest BCUT2D eigenvalue weighted by Gasteiger charge is -2.31. The Balaban J connectivity index is 1.63. The molecule has 0 bridgehead atoms. The van der Waals surface area contributed by atoms with Crippen LogP contribution >= 0.6 is 0 Å². The lowest BCUT2D eigenvalue weighted by atomic mass is 9.99. The highest BCUT2D eigenvalue weighted by molar-refractivity contribution is 6.24. The molecule has 4 rings (SSSR count). The number of nitrogens with two attached hydrogens (primary N) is 1. The highest BCUT2D eigenvalue weighted by Crippen LogP contribution is 2.42. The molecule has 1 aromatic heterocycles. The molecule has 0 saturated carbocycles. The number of fused-ring (bicyclic) bond motifs is 1. The average molecular weight is 461 g/mol. The van der Waals surface area contributed by atoms with Crippen molar-refractivity contribution in [2.24, 2.45) is 5.73 Å². The standard InChI is InChI=1S/C22H25F2N5O4/c1-22(13-32-21(23)24)11-14-9-16(17(10-18(14)33-22)29-5-7-31-8-6-29)28-20(30)15(12-25)19-26-3-2-4-27-19/h2-4,9-10,12,21H,5-8,11,13,25H2,1H3,(H,28,30)/b15-12+/t22-/m1/s1. The SMILES string of the molecule is C[C@]1(COC(F)F)Cc2cc(NC(=O)/C(=C/N)c3ncccn3)c(N3CCOCC3)cc2O1. The van der Waals surface area contributed by atoms with Crippen molar-refractivity contribution >= 4 is 22.9 Å². The fraction of sp³-hybridized carbons (Fsp3) is 0.409. The fourth-order valence-electron chi connectivity index (χ4n) is 3.92. The van der Waals surface area contributed by atoms with Gasteiger partial charge in [0.05, 0.1) is 36.8 Å². The summed E-state index contributed by atoms with van der Waals surface area (Å²) in [4.78, 5) is 23.3. The van der Waals surface area contributed by atoms with Crippen molar-refractivity contribution in [3.8, 4) is 5.75 Å². The first-order chi connectivity index (χ1) is 15.9. The van der Waals surface area contributed by atoms with Gasteiger partial charge >= 0.3 is 6.61 Å². The third-order valence-electron chi connectivity index (χ3n) is 5.43. The Morgan fingerprint density at radius 3 is 2.73 bits per heavy atom. The van der Waals surface area contributed by atoms with Gasteiger partial charge in [-0.05, 0) is 19.1 Å². The maximum atomic E-state index is 13.1. The first-order valence-corrected chi connectivity index (χ1v) is 10.5. The van der Waals surface area contributed by atoms with E-state index in [4.69, 9.17) is 15.2 Å². The third kappa shape index (κ3) is 5.20. The quantitative estimate of drug-likeness (QED) is 0.604. The number of nitrogens with zero attached hydrogens (tertiary/aromatic N) is 3. The van der Waals surface area contributed by atoms with E-state index in [9.17, 15) is 13.6 Å². The minimum absolute atomic E-state index is 0.121. The molecule has 3 heterocycles. The normalized spacial score (nSPS) is 20.5. The second-order valence-corrected chi connectivity index (χ2v) is 7.98. The van der Waals surface area contributed by atoms with Gasteiger partial charge in [-0.25, -0.2) is 9.97 Å². The van der Waals surface area contributed by atoms with Crippen LogP contribution in [0, 0.1) is 0 Å². The van der Waals surface area contributed by atoms with Crippen LogP contribution in [0.4, 0.5) is 20.2 Å². The van der Waals surface area contributed by atoms with Crippen molar-refractivity contribution in [2.75, 3.05) is 43.1 Å². The number of rotatable bonds is 7. The summed E-state index contributed by atoms with van der Waals surface area (Å²) >= 11 is 0. The van der Waals surface area contributed by atoms with Crippen LogP contribution in [-0.2, 0) is 20.7 Å². The van der Waals surface area contributed by atoms with Crippen molar-refractivity contribution in [2.45, 2.75) is 25.6 Å². The molecule has 1 fully saturated rings. The first kappa shape index (κ1) is 22.9. The maximum Gasteiger partial charge on any atom is 0.345 e. The molecular weight excluding hydrogens is 436 g/mol. The van der Waals surface area contributed by atoms with Crippen LogP contribution in [0.5, 0.6) is 5.75 Å². The molecule has 3 N–H and O–H groups in total. The fourth-order valence-corrected chi connectivity index (χ4v) is 3.92. The van der Waals surface area contributed by atoms with Crippen molar-refractivity contribution in [1.82, 2.24) is 9.97 Å². The molecule has 2 aliphatic heterocycles. The molecular formula is C22H25F2N5O4. The highest BCUT2D eigenvalue weighted by atomic mass is 19.3. The molecule has 176 valence electrons. The average Bonchev–Trinajstić information content (AvgIpc) is 3.14. The summed E-state index contributed by atoms with van der Waals surface area (Å²) in [5.41, 5.74) is 6.93. The number of carbonyl (C=O) groups is 1. The molecule has 11 heteroatoms. The lowest BCUT2D eigenvalue weighted by molar-refractivity contribution is -0.158. The van der Waals surface area contributed by atoms with Crippen molar-refractivity contribution in [1.29, 1.82) is 0 Å². The zero-order valence-electron chi connectivity index (χ0n) is 18.1. The molecule has 1 saturated heterocycles. The topological polar surface area (TPSA) is 112 Å². The minimum atomic E-state index is -2.88. The Kier molecular flexibility index (Phi) is 6.70. The third-order valence-corrected chi connectivity index (χ3v) is 5.43. The number of nitrogens with one attached hydrogen (secondary N) is 1. The van der Waals surface area contributed by atoms with Gasteiger partial charge in [0.15, 0.2) is 5.82 Å². The number of carbonyl (C=O) groups excluding carboxylic acids is 1. The summed E-state index contributed by atoms with van der Waals surface area (Å²) in [6, 6.07) is 5.25. The molecule has 0 radical (unpaired) electrons. The summed E-state index contributed by atoms with van der Waals surface area (Å²) in [5, 5.41) is 2.91. The van der Waals surface area contributed by atoms with E-state index in [1.807, 2.05) is 6.07 Å². The van der Waals surface area contributed by atoms with Crippen molar-refractivity contribution in [3.63, 3.8) is 0 Å². The van der Waals surface area contributed by atoms with Crippen LogP contribution in [0.2, 0.25) is 0 Å². The van der Waals surface area contributed by atoms with Crippen LogP contribution < -0.4 is 20.7 Å². The van der Waals surface area contributed by atoms with Crippen LogP contribution in [0.3, 0.4) is 0 Å². The highest BCUT2D eigenvalue weighted by Gasteiger charge is 2.37. The first-order valence-electron chi connectivity index (χ1n) is 10.5. The molecule has 9 nitrogen and oxygen atoms in total. The van der Waals surface area contributed by atoms with Gasteiger partial charge in [0, 0.05) is 49.7 Å². The molecule has 2 aromatic rings. The van der Waals surface area contributed by atoms with Crippen molar-refractivity contribution in [3.05, 3.63) is 48.2 Å². The molecule has 0 spiro atoms. The Morgan fingerprint density at radius 1 is 1.33 bits per heavy atom. The number of halogens is 2. The number of benzene rings is 1. The van der Waals surface area contributed by atoms with E-state index in [0.29, 0.717) is 44.2 Å². The molecule has 0 aliphatic carbocycles. The number of morpholine rings is 1. The summed E-state index contributed by atoms with van der Waals surface area (Å²) in [7, 11) is 0. The van der Waals surface area contributed by atoms with Crippen LogP contribution in [0.1, 0.15) is 18.3 Å². The van der Waals surface area contributed by atoms with E-state index in [1.54, 1.807) is 19.1 Å².